The smallest absolute Gasteiger partial charge is 0.320 e. The van der Waals surface area contributed by atoms with Gasteiger partial charge in [0.15, 0.2) is 0 Å². The van der Waals surface area contributed by atoms with E-state index in [0.717, 1.165) is 30.5 Å². The third-order valence-corrected chi connectivity index (χ3v) is 6.49. The molecule has 0 unspecified atom stereocenters. The predicted octanol–water partition coefficient (Wildman–Crippen LogP) is 6.33. The van der Waals surface area contributed by atoms with E-state index < -0.39 is 12.0 Å². The van der Waals surface area contributed by atoms with Crippen molar-refractivity contribution in [2.45, 2.75) is 45.4 Å². The number of carboxylic acids is 1. The minimum Gasteiger partial charge on any atom is -0.487 e. The Morgan fingerprint density at radius 2 is 1.91 bits per heavy atom. The molecular formula is C27H28ClNO3. The van der Waals surface area contributed by atoms with E-state index in [0.29, 0.717) is 30.3 Å². The van der Waals surface area contributed by atoms with Gasteiger partial charge in [0.1, 0.15) is 18.4 Å². The number of carbonyl (C=O) groups is 1. The fraction of sp³-hybridized carbons (Fsp3) is 0.296. The lowest BCUT2D eigenvalue weighted by Gasteiger charge is -2.32. The Labute approximate surface area is 194 Å². The lowest BCUT2D eigenvalue weighted by atomic mass is 9.97. The highest BCUT2D eigenvalue weighted by Crippen LogP contribution is 2.30. The normalized spacial score (nSPS) is 16.6. The van der Waals surface area contributed by atoms with Gasteiger partial charge < -0.3 is 9.84 Å². The molecule has 1 aliphatic rings. The molecule has 166 valence electrons. The van der Waals surface area contributed by atoms with Crippen molar-refractivity contribution in [3.05, 3.63) is 88.4 Å². The van der Waals surface area contributed by atoms with Gasteiger partial charge in [0.05, 0.1) is 5.02 Å². The molecule has 4 rings (SSSR count). The number of hydrogen-bond acceptors (Lipinski definition) is 3. The molecule has 32 heavy (non-hydrogen) atoms. The fourth-order valence-electron chi connectivity index (χ4n) is 4.38. The summed E-state index contributed by atoms with van der Waals surface area (Å²) in [5.74, 6) is -0.114. The van der Waals surface area contributed by atoms with E-state index in [1.54, 1.807) is 0 Å². The van der Waals surface area contributed by atoms with Crippen LogP contribution in [0.2, 0.25) is 5.02 Å². The molecule has 0 spiro atoms. The van der Waals surface area contributed by atoms with Gasteiger partial charge in [-0.05, 0) is 66.3 Å². The Balaban J connectivity index is 1.44. The third kappa shape index (κ3) is 5.14. The van der Waals surface area contributed by atoms with Crippen LogP contribution >= 0.6 is 11.6 Å². The Hall–Kier alpha value is -2.82. The number of nitrogens with zero attached hydrogens (tertiary/aromatic N) is 1. The van der Waals surface area contributed by atoms with Crippen molar-refractivity contribution in [2.75, 3.05) is 6.54 Å². The van der Waals surface area contributed by atoms with Crippen molar-refractivity contribution in [3.63, 3.8) is 0 Å². The molecule has 3 aromatic carbocycles. The van der Waals surface area contributed by atoms with Gasteiger partial charge in [-0.3, -0.25) is 9.69 Å². The first kappa shape index (κ1) is 22.4. The number of hydrogen-bond donors (Lipinski definition) is 1. The van der Waals surface area contributed by atoms with Gasteiger partial charge in [-0.25, -0.2) is 0 Å². The number of likely N-dealkylation sites (tertiary alicyclic amines) is 1. The van der Waals surface area contributed by atoms with Crippen LogP contribution in [0.25, 0.3) is 11.1 Å². The number of carboxylic acid groups (broad SMARTS) is 1. The molecule has 4 nitrogen and oxygen atoms in total. The highest BCUT2D eigenvalue weighted by molar-refractivity contribution is 6.32. The van der Waals surface area contributed by atoms with E-state index in [2.05, 4.69) is 37.3 Å². The quantitative estimate of drug-likeness (QED) is 0.457. The number of benzene rings is 3. The molecule has 0 saturated carbocycles. The van der Waals surface area contributed by atoms with Gasteiger partial charge in [-0.2, -0.15) is 0 Å². The summed E-state index contributed by atoms with van der Waals surface area (Å²) in [7, 11) is 0. The van der Waals surface area contributed by atoms with Crippen molar-refractivity contribution in [2.24, 2.45) is 0 Å². The zero-order valence-corrected chi connectivity index (χ0v) is 19.0. The summed E-state index contributed by atoms with van der Waals surface area (Å²) in [4.78, 5) is 13.6. The zero-order chi connectivity index (χ0) is 22.5. The summed E-state index contributed by atoms with van der Waals surface area (Å²) >= 11 is 6.52. The van der Waals surface area contributed by atoms with Crippen molar-refractivity contribution in [1.82, 2.24) is 4.90 Å². The summed E-state index contributed by atoms with van der Waals surface area (Å²) in [6, 6.07) is 21.9. The predicted molar refractivity (Wildman–Crippen MR) is 128 cm³/mol. The molecule has 0 aliphatic carbocycles. The molecule has 0 radical (unpaired) electrons. The van der Waals surface area contributed by atoms with Crippen LogP contribution in [0.4, 0.5) is 0 Å². The number of halogens is 1. The van der Waals surface area contributed by atoms with Gasteiger partial charge >= 0.3 is 5.97 Å². The van der Waals surface area contributed by atoms with Crippen molar-refractivity contribution in [1.29, 1.82) is 0 Å². The largest absolute Gasteiger partial charge is 0.487 e. The Bertz CT molecular complexity index is 1080. The van der Waals surface area contributed by atoms with E-state index in [4.69, 9.17) is 16.3 Å². The van der Waals surface area contributed by atoms with Gasteiger partial charge in [-0.1, -0.05) is 72.6 Å². The first-order valence-corrected chi connectivity index (χ1v) is 11.4. The zero-order valence-electron chi connectivity index (χ0n) is 18.3. The Morgan fingerprint density at radius 3 is 2.66 bits per heavy atom. The standard InChI is InChI=1S/C27H28ClNO3/c1-19-22(10-7-11-23(19)21-8-3-2-4-9-21)18-32-26-14-13-20(16-24(26)28)17-29-15-6-5-12-25(29)27(30)31/h2-4,7-11,13-14,16,25H,5-6,12,15,17-18H2,1H3,(H,30,31)/t25-/m0/s1. The maximum absolute atomic E-state index is 11.6. The van der Waals surface area contributed by atoms with Crippen LogP contribution in [0.15, 0.2) is 66.7 Å². The molecule has 1 N–H and O–H groups in total. The van der Waals surface area contributed by atoms with E-state index in [9.17, 15) is 9.90 Å². The minimum atomic E-state index is -0.746. The lowest BCUT2D eigenvalue weighted by molar-refractivity contribution is -0.144. The molecule has 0 amide bonds. The number of rotatable bonds is 7. The second-order valence-electron chi connectivity index (χ2n) is 8.33. The lowest BCUT2D eigenvalue weighted by Crippen LogP contribution is -2.43. The highest BCUT2D eigenvalue weighted by atomic mass is 35.5. The first-order valence-electron chi connectivity index (χ1n) is 11.0. The summed E-state index contributed by atoms with van der Waals surface area (Å²) < 4.78 is 6.06. The van der Waals surface area contributed by atoms with Crippen LogP contribution in [-0.2, 0) is 17.9 Å². The third-order valence-electron chi connectivity index (χ3n) is 6.19. The number of ether oxygens (including phenoxy) is 1. The highest BCUT2D eigenvalue weighted by Gasteiger charge is 2.28. The molecular weight excluding hydrogens is 422 g/mol. The summed E-state index contributed by atoms with van der Waals surface area (Å²) in [5, 5.41) is 10.0. The van der Waals surface area contributed by atoms with Gasteiger partial charge in [0.25, 0.3) is 0 Å². The van der Waals surface area contributed by atoms with Gasteiger partial charge in [-0.15, -0.1) is 0 Å². The molecule has 1 fully saturated rings. The molecule has 5 heteroatoms. The molecule has 3 aromatic rings. The van der Waals surface area contributed by atoms with Crippen LogP contribution in [0.3, 0.4) is 0 Å². The fourth-order valence-corrected chi connectivity index (χ4v) is 4.64. The average Bonchev–Trinajstić information content (AvgIpc) is 2.80. The summed E-state index contributed by atoms with van der Waals surface area (Å²) in [6.45, 7) is 3.92. The van der Waals surface area contributed by atoms with Crippen LogP contribution in [0, 0.1) is 6.92 Å². The first-order chi connectivity index (χ1) is 15.5. The van der Waals surface area contributed by atoms with Crippen LogP contribution in [0.5, 0.6) is 5.75 Å². The van der Waals surface area contributed by atoms with Gasteiger partial charge in [0, 0.05) is 6.54 Å². The van der Waals surface area contributed by atoms with Crippen molar-refractivity contribution >= 4 is 17.6 Å². The van der Waals surface area contributed by atoms with E-state index >= 15 is 0 Å². The van der Waals surface area contributed by atoms with Gasteiger partial charge in [0.2, 0.25) is 0 Å². The van der Waals surface area contributed by atoms with E-state index in [1.165, 1.54) is 16.7 Å². The second-order valence-corrected chi connectivity index (χ2v) is 8.74. The molecule has 0 bridgehead atoms. The SMILES string of the molecule is Cc1c(COc2ccc(CN3CCCC[C@H]3C(=O)O)cc2Cl)cccc1-c1ccccc1. The number of aliphatic carboxylic acids is 1. The van der Waals surface area contributed by atoms with Crippen molar-refractivity contribution < 1.29 is 14.6 Å². The van der Waals surface area contributed by atoms with Crippen LogP contribution < -0.4 is 4.74 Å². The Kier molecular flexibility index (Phi) is 7.13. The van der Waals surface area contributed by atoms with Crippen LogP contribution in [-0.4, -0.2) is 28.6 Å². The Morgan fingerprint density at radius 1 is 1.09 bits per heavy atom. The molecule has 0 aromatic heterocycles. The second kappa shape index (κ2) is 10.2. The summed E-state index contributed by atoms with van der Waals surface area (Å²) in [6.07, 6.45) is 2.69. The maximum Gasteiger partial charge on any atom is 0.320 e. The number of piperidine rings is 1. The summed E-state index contributed by atoms with van der Waals surface area (Å²) in [5.41, 5.74) is 5.69. The minimum absolute atomic E-state index is 0.418. The van der Waals surface area contributed by atoms with Crippen LogP contribution in [0.1, 0.15) is 36.0 Å². The van der Waals surface area contributed by atoms with E-state index in [1.807, 2.05) is 41.3 Å². The van der Waals surface area contributed by atoms with Crippen molar-refractivity contribution in [3.8, 4) is 16.9 Å². The van der Waals surface area contributed by atoms with E-state index in [-0.39, 0.29) is 0 Å². The monoisotopic (exact) mass is 449 g/mol. The molecule has 1 saturated heterocycles. The maximum atomic E-state index is 11.6. The molecule has 1 heterocycles. The molecule has 1 aliphatic heterocycles. The topological polar surface area (TPSA) is 49.8 Å². The molecule has 1 atom stereocenters. The average molecular weight is 450 g/mol.